The van der Waals surface area contributed by atoms with Crippen molar-refractivity contribution in [2.45, 2.75) is 31.8 Å². The first-order valence-electron chi connectivity index (χ1n) is 7.42. The second-order valence-electron chi connectivity index (χ2n) is 6.14. The van der Waals surface area contributed by atoms with Gasteiger partial charge in [0.25, 0.3) is 0 Å². The summed E-state index contributed by atoms with van der Waals surface area (Å²) >= 11 is 0. The molecule has 2 atom stereocenters. The summed E-state index contributed by atoms with van der Waals surface area (Å²) in [6.07, 6.45) is 3.57. The normalized spacial score (nSPS) is 29.8. The standard InChI is InChI=1S/C16H24N2O/c1-16(7-4-8-19-16)12-17-10-13-9-14-5-2-3-6-15(14)18-11-13/h2-3,5-6,13,17-18H,4,7-12H2,1H3. The molecule has 0 saturated carbocycles. The van der Waals surface area contributed by atoms with Gasteiger partial charge in [-0.15, -0.1) is 0 Å². The number of ether oxygens (including phenoxy) is 1. The van der Waals surface area contributed by atoms with Gasteiger partial charge < -0.3 is 15.4 Å². The van der Waals surface area contributed by atoms with E-state index in [2.05, 4.69) is 41.8 Å². The zero-order valence-corrected chi connectivity index (χ0v) is 11.7. The lowest BCUT2D eigenvalue weighted by atomic mass is 9.93. The molecule has 1 aromatic rings. The first kappa shape index (κ1) is 12.9. The molecule has 2 unspecified atom stereocenters. The number of nitrogens with one attached hydrogen (secondary N) is 2. The maximum atomic E-state index is 5.81. The van der Waals surface area contributed by atoms with Crippen molar-refractivity contribution in [1.29, 1.82) is 0 Å². The number of benzene rings is 1. The van der Waals surface area contributed by atoms with Crippen LogP contribution in [-0.2, 0) is 11.2 Å². The van der Waals surface area contributed by atoms with Gasteiger partial charge in [0.1, 0.15) is 0 Å². The van der Waals surface area contributed by atoms with Gasteiger partial charge in [-0.1, -0.05) is 18.2 Å². The fourth-order valence-electron chi connectivity index (χ4n) is 3.17. The minimum atomic E-state index is 0.0694. The molecule has 19 heavy (non-hydrogen) atoms. The first-order valence-corrected chi connectivity index (χ1v) is 7.42. The zero-order valence-electron chi connectivity index (χ0n) is 11.7. The van der Waals surface area contributed by atoms with Crippen LogP contribution in [0.4, 0.5) is 5.69 Å². The van der Waals surface area contributed by atoms with Gasteiger partial charge in [0.2, 0.25) is 0 Å². The smallest absolute Gasteiger partial charge is 0.0779 e. The predicted molar refractivity (Wildman–Crippen MR) is 78.6 cm³/mol. The Morgan fingerprint density at radius 3 is 3.16 bits per heavy atom. The molecular formula is C16H24N2O. The summed E-state index contributed by atoms with van der Waals surface area (Å²) in [6, 6.07) is 8.63. The van der Waals surface area contributed by atoms with Crippen molar-refractivity contribution in [1.82, 2.24) is 5.32 Å². The Bertz CT molecular complexity index is 427. The van der Waals surface area contributed by atoms with Crippen LogP contribution in [0.15, 0.2) is 24.3 Å². The van der Waals surface area contributed by atoms with E-state index in [1.54, 1.807) is 0 Å². The Morgan fingerprint density at radius 2 is 2.32 bits per heavy atom. The lowest BCUT2D eigenvalue weighted by Crippen LogP contribution is -2.41. The second-order valence-corrected chi connectivity index (χ2v) is 6.14. The highest BCUT2D eigenvalue weighted by Gasteiger charge is 2.29. The molecule has 2 aliphatic heterocycles. The summed E-state index contributed by atoms with van der Waals surface area (Å²) < 4.78 is 5.81. The number of hydrogen-bond acceptors (Lipinski definition) is 3. The summed E-state index contributed by atoms with van der Waals surface area (Å²) in [7, 11) is 0. The van der Waals surface area contributed by atoms with E-state index in [1.165, 1.54) is 30.5 Å². The molecule has 2 aliphatic rings. The van der Waals surface area contributed by atoms with Crippen LogP contribution in [0.2, 0.25) is 0 Å². The highest BCUT2D eigenvalue weighted by molar-refractivity contribution is 5.53. The number of rotatable bonds is 4. The molecule has 0 amide bonds. The monoisotopic (exact) mass is 260 g/mol. The minimum absolute atomic E-state index is 0.0694. The van der Waals surface area contributed by atoms with E-state index in [9.17, 15) is 0 Å². The Hall–Kier alpha value is -1.06. The third-order valence-electron chi connectivity index (χ3n) is 4.34. The zero-order chi connectivity index (χ0) is 13.1. The fraction of sp³-hybridized carbons (Fsp3) is 0.625. The summed E-state index contributed by atoms with van der Waals surface area (Å²) in [5.41, 5.74) is 2.83. The van der Waals surface area contributed by atoms with Crippen molar-refractivity contribution in [3.05, 3.63) is 29.8 Å². The molecular weight excluding hydrogens is 236 g/mol. The average Bonchev–Trinajstić information content (AvgIpc) is 2.86. The van der Waals surface area contributed by atoms with E-state index in [0.717, 1.165) is 26.2 Å². The van der Waals surface area contributed by atoms with Crippen molar-refractivity contribution in [2.75, 3.05) is 31.6 Å². The molecule has 0 radical (unpaired) electrons. The van der Waals surface area contributed by atoms with Crippen LogP contribution in [0.5, 0.6) is 0 Å². The Kier molecular flexibility index (Phi) is 3.76. The molecule has 104 valence electrons. The molecule has 0 aliphatic carbocycles. The number of para-hydroxylation sites is 1. The van der Waals surface area contributed by atoms with Crippen LogP contribution in [0.3, 0.4) is 0 Å². The van der Waals surface area contributed by atoms with E-state index in [1.807, 2.05) is 0 Å². The van der Waals surface area contributed by atoms with Crippen LogP contribution in [-0.4, -0.2) is 31.8 Å². The Labute approximate surface area is 115 Å². The van der Waals surface area contributed by atoms with Crippen molar-refractivity contribution < 1.29 is 4.74 Å². The molecule has 0 bridgehead atoms. The average molecular weight is 260 g/mol. The van der Waals surface area contributed by atoms with Gasteiger partial charge in [0.05, 0.1) is 5.60 Å². The van der Waals surface area contributed by atoms with Crippen LogP contribution in [0.25, 0.3) is 0 Å². The largest absolute Gasteiger partial charge is 0.384 e. The number of fused-ring (bicyclic) bond motifs is 1. The van der Waals surface area contributed by atoms with E-state index in [4.69, 9.17) is 4.74 Å². The van der Waals surface area contributed by atoms with E-state index < -0.39 is 0 Å². The van der Waals surface area contributed by atoms with Crippen LogP contribution >= 0.6 is 0 Å². The van der Waals surface area contributed by atoms with Gasteiger partial charge in [-0.2, -0.15) is 0 Å². The summed E-state index contributed by atoms with van der Waals surface area (Å²) in [4.78, 5) is 0. The molecule has 1 saturated heterocycles. The van der Waals surface area contributed by atoms with Crippen molar-refractivity contribution in [2.24, 2.45) is 5.92 Å². The molecule has 0 aromatic heterocycles. The van der Waals surface area contributed by atoms with Crippen molar-refractivity contribution >= 4 is 5.69 Å². The van der Waals surface area contributed by atoms with E-state index >= 15 is 0 Å². The van der Waals surface area contributed by atoms with Gasteiger partial charge in [0, 0.05) is 31.9 Å². The maximum Gasteiger partial charge on any atom is 0.0779 e. The van der Waals surface area contributed by atoms with Gasteiger partial charge in [0.15, 0.2) is 0 Å². The molecule has 3 rings (SSSR count). The van der Waals surface area contributed by atoms with E-state index in [0.29, 0.717) is 5.92 Å². The van der Waals surface area contributed by atoms with Crippen molar-refractivity contribution in [3.63, 3.8) is 0 Å². The van der Waals surface area contributed by atoms with Gasteiger partial charge in [-0.05, 0) is 43.7 Å². The minimum Gasteiger partial charge on any atom is -0.384 e. The Morgan fingerprint density at radius 1 is 1.42 bits per heavy atom. The number of anilines is 1. The fourth-order valence-corrected chi connectivity index (χ4v) is 3.17. The molecule has 1 aromatic carbocycles. The van der Waals surface area contributed by atoms with Gasteiger partial charge in [-0.3, -0.25) is 0 Å². The van der Waals surface area contributed by atoms with E-state index in [-0.39, 0.29) is 5.60 Å². The van der Waals surface area contributed by atoms with Gasteiger partial charge in [-0.25, -0.2) is 0 Å². The third kappa shape index (κ3) is 3.10. The molecule has 3 nitrogen and oxygen atoms in total. The SMILES string of the molecule is CC1(CNCC2CNc3ccccc3C2)CCCO1. The second kappa shape index (κ2) is 5.51. The molecule has 2 heterocycles. The topological polar surface area (TPSA) is 33.3 Å². The third-order valence-corrected chi connectivity index (χ3v) is 4.34. The maximum absolute atomic E-state index is 5.81. The highest BCUT2D eigenvalue weighted by Crippen LogP contribution is 2.25. The first-order chi connectivity index (χ1) is 9.25. The molecule has 0 spiro atoms. The van der Waals surface area contributed by atoms with Crippen LogP contribution < -0.4 is 10.6 Å². The summed E-state index contributed by atoms with van der Waals surface area (Å²) in [5, 5.41) is 7.13. The lowest BCUT2D eigenvalue weighted by Gasteiger charge is -2.29. The van der Waals surface area contributed by atoms with Crippen LogP contribution in [0, 0.1) is 5.92 Å². The van der Waals surface area contributed by atoms with Crippen molar-refractivity contribution in [3.8, 4) is 0 Å². The summed E-state index contributed by atoms with van der Waals surface area (Å²) in [5.74, 6) is 0.680. The lowest BCUT2D eigenvalue weighted by molar-refractivity contribution is 0.0204. The molecule has 1 fully saturated rings. The van der Waals surface area contributed by atoms with Crippen LogP contribution in [0.1, 0.15) is 25.3 Å². The molecule has 3 heteroatoms. The number of hydrogen-bond donors (Lipinski definition) is 2. The Balaban J connectivity index is 1.47. The summed E-state index contributed by atoms with van der Waals surface area (Å²) in [6.45, 7) is 6.27. The predicted octanol–water partition coefficient (Wildman–Crippen LogP) is 2.43. The highest BCUT2D eigenvalue weighted by atomic mass is 16.5. The molecule has 2 N–H and O–H groups in total. The van der Waals surface area contributed by atoms with Gasteiger partial charge >= 0.3 is 0 Å². The quantitative estimate of drug-likeness (QED) is 0.872.